The van der Waals surface area contributed by atoms with Gasteiger partial charge in [-0.1, -0.05) is 45.0 Å². The summed E-state index contributed by atoms with van der Waals surface area (Å²) >= 11 is 0. The van der Waals surface area contributed by atoms with Crippen LogP contribution in [0.15, 0.2) is 47.1 Å². The number of benzene rings is 1. The van der Waals surface area contributed by atoms with Gasteiger partial charge < -0.3 is 14.6 Å². The van der Waals surface area contributed by atoms with Gasteiger partial charge in [-0.25, -0.2) is 0 Å². The largest absolute Gasteiger partial charge is 0.459 e. The van der Waals surface area contributed by atoms with Crippen LogP contribution in [0.5, 0.6) is 0 Å². The number of nitrogens with zero attached hydrogens (tertiary/aromatic N) is 1. The molecule has 1 unspecified atom stereocenters. The van der Waals surface area contributed by atoms with Gasteiger partial charge in [-0.2, -0.15) is 0 Å². The summed E-state index contributed by atoms with van der Waals surface area (Å²) in [6.07, 6.45) is 2.85. The molecule has 1 aromatic carbocycles. The minimum absolute atomic E-state index is 0.0377. The Bertz CT molecular complexity index is 795. The molecule has 0 spiro atoms. The van der Waals surface area contributed by atoms with Crippen molar-refractivity contribution in [3.8, 4) is 0 Å². The van der Waals surface area contributed by atoms with Crippen molar-refractivity contribution in [3.63, 3.8) is 0 Å². The van der Waals surface area contributed by atoms with E-state index in [0.29, 0.717) is 31.7 Å². The third-order valence-electron chi connectivity index (χ3n) is 5.52. The maximum absolute atomic E-state index is 12.7. The Hall–Kier alpha value is -2.56. The highest BCUT2D eigenvalue weighted by molar-refractivity contribution is 5.91. The molecule has 1 fully saturated rings. The van der Waals surface area contributed by atoms with Gasteiger partial charge in [0.25, 0.3) is 5.91 Å². The summed E-state index contributed by atoms with van der Waals surface area (Å²) in [4.78, 5) is 26.8. The van der Waals surface area contributed by atoms with E-state index in [1.807, 2.05) is 6.92 Å². The first-order valence-electron chi connectivity index (χ1n) is 9.99. The third-order valence-corrected chi connectivity index (χ3v) is 5.52. The molecule has 0 bridgehead atoms. The van der Waals surface area contributed by atoms with E-state index < -0.39 is 0 Å². The number of furan rings is 1. The highest BCUT2D eigenvalue weighted by Crippen LogP contribution is 2.25. The van der Waals surface area contributed by atoms with Gasteiger partial charge in [0.1, 0.15) is 0 Å². The van der Waals surface area contributed by atoms with Crippen LogP contribution in [0.4, 0.5) is 0 Å². The topological polar surface area (TPSA) is 62.6 Å². The molecule has 5 heteroatoms. The summed E-state index contributed by atoms with van der Waals surface area (Å²) in [5, 5.41) is 3.13. The smallest absolute Gasteiger partial charge is 0.289 e. The summed E-state index contributed by atoms with van der Waals surface area (Å²) in [5.41, 5.74) is 2.50. The maximum atomic E-state index is 12.7. The standard InChI is InChI=1S/C23H30N2O3/c1-16(17-7-9-19(10-8-17)23(2,3)4)24-21(26)18-11-13-25(14-12-18)22(27)20-6-5-15-28-20/h5-10,15-16,18H,11-14H2,1-4H3,(H,24,26). The number of likely N-dealkylation sites (tertiary alicyclic amines) is 1. The zero-order valence-corrected chi connectivity index (χ0v) is 17.2. The fourth-order valence-corrected chi connectivity index (χ4v) is 3.59. The second kappa shape index (κ2) is 8.21. The van der Waals surface area contributed by atoms with Crippen LogP contribution < -0.4 is 5.32 Å². The Morgan fingerprint density at radius 3 is 2.29 bits per heavy atom. The van der Waals surface area contributed by atoms with Crippen molar-refractivity contribution >= 4 is 11.8 Å². The van der Waals surface area contributed by atoms with Gasteiger partial charge in [0, 0.05) is 19.0 Å². The van der Waals surface area contributed by atoms with Crippen molar-refractivity contribution in [1.82, 2.24) is 10.2 Å². The Morgan fingerprint density at radius 1 is 1.11 bits per heavy atom. The summed E-state index contributed by atoms with van der Waals surface area (Å²) in [6.45, 7) is 9.74. The molecule has 2 aromatic rings. The zero-order chi connectivity index (χ0) is 20.3. The molecule has 0 radical (unpaired) electrons. The van der Waals surface area contributed by atoms with Gasteiger partial charge in [0.15, 0.2) is 5.76 Å². The van der Waals surface area contributed by atoms with Crippen LogP contribution in [0.1, 0.15) is 68.3 Å². The molecule has 28 heavy (non-hydrogen) atoms. The number of amides is 2. The normalized spacial score (nSPS) is 16.6. The van der Waals surface area contributed by atoms with Gasteiger partial charge in [-0.3, -0.25) is 9.59 Å². The number of nitrogens with one attached hydrogen (secondary N) is 1. The van der Waals surface area contributed by atoms with Gasteiger partial charge in [-0.05, 0) is 48.4 Å². The van der Waals surface area contributed by atoms with E-state index in [1.54, 1.807) is 17.0 Å². The Balaban J connectivity index is 1.52. The van der Waals surface area contributed by atoms with Crippen LogP contribution in [0.2, 0.25) is 0 Å². The molecule has 2 amide bonds. The summed E-state index contributed by atoms with van der Waals surface area (Å²) in [6, 6.07) is 11.8. The maximum Gasteiger partial charge on any atom is 0.289 e. The van der Waals surface area contributed by atoms with Crippen molar-refractivity contribution in [2.75, 3.05) is 13.1 Å². The third kappa shape index (κ3) is 4.64. The second-order valence-corrected chi connectivity index (χ2v) is 8.65. The quantitative estimate of drug-likeness (QED) is 0.857. The minimum atomic E-state index is -0.101. The van der Waals surface area contributed by atoms with Crippen LogP contribution in [-0.2, 0) is 10.2 Å². The van der Waals surface area contributed by atoms with Crippen LogP contribution >= 0.6 is 0 Å². The first-order valence-corrected chi connectivity index (χ1v) is 9.99. The lowest BCUT2D eigenvalue weighted by molar-refractivity contribution is -0.127. The lowest BCUT2D eigenvalue weighted by Gasteiger charge is -2.31. The van der Waals surface area contributed by atoms with E-state index in [1.165, 1.54) is 11.8 Å². The molecule has 1 aliphatic rings. The van der Waals surface area contributed by atoms with Gasteiger partial charge >= 0.3 is 0 Å². The molecule has 2 heterocycles. The average Bonchev–Trinajstić information content (AvgIpc) is 3.21. The Kier molecular flexibility index (Phi) is 5.92. The molecule has 0 aliphatic carbocycles. The van der Waals surface area contributed by atoms with Crippen molar-refractivity contribution in [2.24, 2.45) is 5.92 Å². The molecule has 1 aromatic heterocycles. The van der Waals surface area contributed by atoms with Crippen LogP contribution in [0.3, 0.4) is 0 Å². The molecule has 1 saturated heterocycles. The fourth-order valence-electron chi connectivity index (χ4n) is 3.59. The predicted octanol–water partition coefficient (Wildman–Crippen LogP) is 4.31. The lowest BCUT2D eigenvalue weighted by Crippen LogP contribution is -2.43. The Labute approximate surface area is 167 Å². The number of carbonyl (C=O) groups is 2. The van der Waals surface area contributed by atoms with E-state index in [0.717, 1.165) is 5.56 Å². The highest BCUT2D eigenvalue weighted by Gasteiger charge is 2.29. The number of carbonyl (C=O) groups excluding carboxylic acids is 2. The molecular weight excluding hydrogens is 352 g/mol. The summed E-state index contributed by atoms with van der Waals surface area (Å²) in [5.74, 6) is 0.265. The molecule has 0 saturated carbocycles. The first kappa shape index (κ1) is 20.2. The van der Waals surface area contributed by atoms with Gasteiger partial charge in [-0.15, -0.1) is 0 Å². The van der Waals surface area contributed by atoms with E-state index in [9.17, 15) is 9.59 Å². The number of hydrogen-bond acceptors (Lipinski definition) is 3. The molecule has 3 rings (SSSR count). The number of piperidine rings is 1. The molecule has 1 atom stereocenters. The van der Waals surface area contributed by atoms with Crippen LogP contribution in [0, 0.1) is 5.92 Å². The van der Waals surface area contributed by atoms with Crippen molar-refractivity contribution in [1.29, 1.82) is 0 Å². The average molecular weight is 383 g/mol. The lowest BCUT2D eigenvalue weighted by atomic mass is 9.86. The first-order chi connectivity index (χ1) is 13.3. The molecule has 150 valence electrons. The monoisotopic (exact) mass is 382 g/mol. The summed E-state index contributed by atoms with van der Waals surface area (Å²) in [7, 11) is 0. The predicted molar refractivity (Wildman–Crippen MR) is 109 cm³/mol. The van der Waals surface area contributed by atoms with E-state index in [-0.39, 0.29) is 29.2 Å². The fraction of sp³-hybridized carbons (Fsp3) is 0.478. The SMILES string of the molecule is CC(NC(=O)C1CCN(C(=O)c2ccco2)CC1)c1ccc(C(C)(C)C)cc1. The van der Waals surface area contributed by atoms with Crippen molar-refractivity contribution in [2.45, 2.75) is 52.0 Å². The molecule has 5 nitrogen and oxygen atoms in total. The van der Waals surface area contributed by atoms with Gasteiger partial charge in [0.2, 0.25) is 5.91 Å². The van der Waals surface area contributed by atoms with Gasteiger partial charge in [0.05, 0.1) is 12.3 Å². The summed E-state index contributed by atoms with van der Waals surface area (Å²) < 4.78 is 5.18. The van der Waals surface area contributed by atoms with E-state index >= 15 is 0 Å². The zero-order valence-electron chi connectivity index (χ0n) is 17.2. The van der Waals surface area contributed by atoms with Crippen molar-refractivity contribution < 1.29 is 14.0 Å². The highest BCUT2D eigenvalue weighted by atomic mass is 16.3. The van der Waals surface area contributed by atoms with Crippen LogP contribution in [0.25, 0.3) is 0 Å². The Morgan fingerprint density at radius 2 is 1.75 bits per heavy atom. The second-order valence-electron chi connectivity index (χ2n) is 8.65. The molecule has 1 N–H and O–H groups in total. The van der Waals surface area contributed by atoms with E-state index in [4.69, 9.17) is 4.42 Å². The number of hydrogen-bond donors (Lipinski definition) is 1. The number of rotatable bonds is 4. The molecular formula is C23H30N2O3. The minimum Gasteiger partial charge on any atom is -0.459 e. The van der Waals surface area contributed by atoms with Crippen LogP contribution in [-0.4, -0.2) is 29.8 Å². The van der Waals surface area contributed by atoms with E-state index in [2.05, 4.69) is 50.4 Å². The van der Waals surface area contributed by atoms with Crippen molar-refractivity contribution in [3.05, 3.63) is 59.5 Å². The molecule has 1 aliphatic heterocycles.